The van der Waals surface area contributed by atoms with Crippen LogP contribution in [-0.2, 0) is 14.8 Å². The quantitative estimate of drug-likeness (QED) is 0.838. The standard InChI is InChI=1S/C13H16N2O3S/c1-10-13(6-7-18-10)15(2)19(16,17)12-5-3-4-11(8-12)9-14/h3-5,8,10,13H,6-7H2,1-2H3. The van der Waals surface area contributed by atoms with Gasteiger partial charge in [-0.25, -0.2) is 8.42 Å². The van der Waals surface area contributed by atoms with Crippen LogP contribution in [0.3, 0.4) is 0 Å². The second kappa shape index (κ2) is 5.29. The van der Waals surface area contributed by atoms with Crippen LogP contribution in [0, 0.1) is 11.3 Å². The first-order valence-corrected chi connectivity index (χ1v) is 7.50. The highest BCUT2D eigenvalue weighted by Gasteiger charge is 2.35. The van der Waals surface area contributed by atoms with Crippen LogP contribution < -0.4 is 0 Å². The Balaban J connectivity index is 2.34. The van der Waals surface area contributed by atoms with Gasteiger partial charge in [-0.1, -0.05) is 6.07 Å². The highest BCUT2D eigenvalue weighted by Crippen LogP contribution is 2.24. The van der Waals surface area contributed by atoms with Crippen molar-refractivity contribution < 1.29 is 13.2 Å². The molecule has 1 heterocycles. The van der Waals surface area contributed by atoms with Crippen LogP contribution in [0.4, 0.5) is 0 Å². The van der Waals surface area contributed by atoms with E-state index in [4.69, 9.17) is 10.00 Å². The Morgan fingerprint density at radius 1 is 1.47 bits per heavy atom. The fourth-order valence-electron chi connectivity index (χ4n) is 2.27. The van der Waals surface area contributed by atoms with Gasteiger partial charge < -0.3 is 4.74 Å². The van der Waals surface area contributed by atoms with Crippen molar-refractivity contribution >= 4 is 10.0 Å². The lowest BCUT2D eigenvalue weighted by atomic mass is 10.2. The minimum atomic E-state index is -3.59. The summed E-state index contributed by atoms with van der Waals surface area (Å²) in [7, 11) is -2.03. The fraction of sp³-hybridized carbons (Fsp3) is 0.462. The van der Waals surface area contributed by atoms with E-state index >= 15 is 0 Å². The molecule has 1 aromatic rings. The Morgan fingerprint density at radius 3 is 2.79 bits per heavy atom. The van der Waals surface area contributed by atoms with Gasteiger partial charge in [-0.2, -0.15) is 9.57 Å². The van der Waals surface area contributed by atoms with Gasteiger partial charge in [0, 0.05) is 13.7 Å². The molecule has 0 saturated carbocycles. The second-order valence-corrected chi connectivity index (χ2v) is 6.59. The monoisotopic (exact) mass is 280 g/mol. The third-order valence-corrected chi connectivity index (χ3v) is 5.32. The number of likely N-dealkylation sites (N-methyl/N-ethyl adjacent to an activating group) is 1. The predicted molar refractivity (Wildman–Crippen MR) is 69.9 cm³/mol. The number of hydrogen-bond donors (Lipinski definition) is 0. The number of nitriles is 1. The molecule has 6 heteroatoms. The molecule has 1 aromatic carbocycles. The topological polar surface area (TPSA) is 70.4 Å². The molecule has 0 N–H and O–H groups in total. The summed E-state index contributed by atoms with van der Waals surface area (Å²) < 4.78 is 31.7. The van der Waals surface area contributed by atoms with E-state index in [0.29, 0.717) is 18.6 Å². The Labute approximate surface area is 113 Å². The molecule has 2 atom stereocenters. The molecule has 0 spiro atoms. The van der Waals surface area contributed by atoms with Crippen molar-refractivity contribution in [1.82, 2.24) is 4.31 Å². The summed E-state index contributed by atoms with van der Waals surface area (Å²) in [5.41, 5.74) is 0.338. The molecule has 0 radical (unpaired) electrons. The maximum atomic E-state index is 12.5. The van der Waals surface area contributed by atoms with Gasteiger partial charge >= 0.3 is 0 Å². The van der Waals surface area contributed by atoms with E-state index in [2.05, 4.69) is 0 Å². The van der Waals surface area contributed by atoms with Gasteiger partial charge in [0.1, 0.15) is 0 Å². The molecule has 2 unspecified atom stereocenters. The van der Waals surface area contributed by atoms with Crippen LogP contribution in [0.2, 0.25) is 0 Å². The van der Waals surface area contributed by atoms with Gasteiger partial charge in [0.25, 0.3) is 0 Å². The van der Waals surface area contributed by atoms with Gasteiger partial charge in [-0.15, -0.1) is 0 Å². The SMILES string of the molecule is CC1OCCC1N(C)S(=O)(=O)c1cccc(C#N)c1. The number of hydrogen-bond acceptors (Lipinski definition) is 4. The van der Waals surface area contributed by atoms with Crippen LogP contribution in [0.5, 0.6) is 0 Å². The smallest absolute Gasteiger partial charge is 0.243 e. The van der Waals surface area contributed by atoms with Crippen molar-refractivity contribution in [3.8, 4) is 6.07 Å². The third kappa shape index (κ3) is 2.63. The fourth-order valence-corrected chi connectivity index (χ4v) is 3.76. The molecule has 5 nitrogen and oxygen atoms in total. The zero-order valence-corrected chi connectivity index (χ0v) is 11.7. The molecule has 19 heavy (non-hydrogen) atoms. The molecular formula is C13H16N2O3S. The van der Waals surface area contributed by atoms with Gasteiger partial charge in [0.05, 0.1) is 28.7 Å². The zero-order chi connectivity index (χ0) is 14.0. The molecule has 1 aliphatic rings. The molecule has 1 fully saturated rings. The first kappa shape index (κ1) is 14.0. The molecule has 0 amide bonds. The molecular weight excluding hydrogens is 264 g/mol. The number of nitrogens with zero attached hydrogens (tertiary/aromatic N) is 2. The van der Waals surface area contributed by atoms with E-state index in [1.807, 2.05) is 13.0 Å². The average Bonchev–Trinajstić information content (AvgIpc) is 2.84. The van der Waals surface area contributed by atoms with Crippen LogP contribution in [0.15, 0.2) is 29.2 Å². The average molecular weight is 280 g/mol. The van der Waals surface area contributed by atoms with Crippen molar-refractivity contribution in [2.24, 2.45) is 0 Å². The lowest BCUT2D eigenvalue weighted by Gasteiger charge is -2.26. The summed E-state index contributed by atoms with van der Waals surface area (Å²) in [6.07, 6.45) is 0.577. The van der Waals surface area contributed by atoms with Gasteiger partial charge in [0.15, 0.2) is 0 Å². The van der Waals surface area contributed by atoms with E-state index < -0.39 is 10.0 Å². The summed E-state index contributed by atoms with van der Waals surface area (Å²) in [6.45, 7) is 2.44. The van der Waals surface area contributed by atoms with Crippen molar-refractivity contribution in [3.05, 3.63) is 29.8 Å². The van der Waals surface area contributed by atoms with Gasteiger partial charge in [-0.3, -0.25) is 0 Å². The van der Waals surface area contributed by atoms with E-state index in [-0.39, 0.29) is 17.0 Å². The molecule has 2 rings (SSSR count). The van der Waals surface area contributed by atoms with Crippen molar-refractivity contribution in [3.63, 3.8) is 0 Å². The highest BCUT2D eigenvalue weighted by molar-refractivity contribution is 7.89. The summed E-state index contributed by atoms with van der Waals surface area (Å²) >= 11 is 0. The van der Waals surface area contributed by atoms with E-state index in [1.165, 1.54) is 16.4 Å². The molecule has 0 aromatic heterocycles. The Morgan fingerprint density at radius 2 is 2.21 bits per heavy atom. The number of ether oxygens (including phenoxy) is 1. The van der Waals surface area contributed by atoms with Crippen LogP contribution in [0.1, 0.15) is 18.9 Å². The molecule has 0 bridgehead atoms. The van der Waals surface area contributed by atoms with E-state index in [1.54, 1.807) is 19.2 Å². The van der Waals surface area contributed by atoms with Crippen molar-refractivity contribution in [2.75, 3.05) is 13.7 Å². The zero-order valence-electron chi connectivity index (χ0n) is 10.9. The van der Waals surface area contributed by atoms with Crippen LogP contribution in [-0.4, -0.2) is 38.5 Å². The lowest BCUT2D eigenvalue weighted by Crippen LogP contribution is -2.40. The van der Waals surface area contributed by atoms with E-state index in [9.17, 15) is 8.42 Å². The second-order valence-electron chi connectivity index (χ2n) is 4.59. The Kier molecular flexibility index (Phi) is 3.90. The normalized spacial score (nSPS) is 23.5. The largest absolute Gasteiger partial charge is 0.377 e. The summed E-state index contributed by atoms with van der Waals surface area (Å²) in [4.78, 5) is 0.146. The molecule has 1 saturated heterocycles. The third-order valence-electron chi connectivity index (χ3n) is 3.44. The number of rotatable bonds is 3. The molecule has 1 aliphatic heterocycles. The summed E-state index contributed by atoms with van der Waals surface area (Å²) in [6, 6.07) is 7.86. The molecule has 0 aliphatic carbocycles. The minimum absolute atomic E-state index is 0.112. The number of sulfonamides is 1. The summed E-state index contributed by atoms with van der Waals surface area (Å²) in [5.74, 6) is 0. The maximum Gasteiger partial charge on any atom is 0.243 e. The lowest BCUT2D eigenvalue weighted by molar-refractivity contribution is 0.102. The van der Waals surface area contributed by atoms with Gasteiger partial charge in [0.2, 0.25) is 10.0 Å². The van der Waals surface area contributed by atoms with Crippen molar-refractivity contribution in [2.45, 2.75) is 30.4 Å². The Bertz CT molecular complexity index is 607. The first-order valence-electron chi connectivity index (χ1n) is 6.06. The highest BCUT2D eigenvalue weighted by atomic mass is 32.2. The maximum absolute atomic E-state index is 12.5. The predicted octanol–water partition coefficient (Wildman–Crippen LogP) is 1.36. The van der Waals surface area contributed by atoms with Crippen LogP contribution >= 0.6 is 0 Å². The van der Waals surface area contributed by atoms with E-state index in [0.717, 1.165) is 0 Å². The first-order chi connectivity index (χ1) is 8.96. The van der Waals surface area contributed by atoms with Crippen molar-refractivity contribution in [1.29, 1.82) is 5.26 Å². The van der Waals surface area contributed by atoms with Gasteiger partial charge in [-0.05, 0) is 31.5 Å². The number of benzene rings is 1. The Hall–Kier alpha value is -1.42. The summed E-state index contributed by atoms with van der Waals surface area (Å²) in [5, 5.41) is 8.84. The molecule has 102 valence electrons. The van der Waals surface area contributed by atoms with Crippen LogP contribution in [0.25, 0.3) is 0 Å². The minimum Gasteiger partial charge on any atom is -0.377 e.